The second kappa shape index (κ2) is 8.63. The summed E-state index contributed by atoms with van der Waals surface area (Å²) < 4.78 is 5.13. The molecule has 1 saturated heterocycles. The fraction of sp³-hybridized carbons (Fsp3) is 0.524. The van der Waals surface area contributed by atoms with Crippen LogP contribution in [0.15, 0.2) is 18.2 Å². The van der Waals surface area contributed by atoms with Gasteiger partial charge >= 0.3 is 5.97 Å². The quantitative estimate of drug-likeness (QED) is 0.686. The van der Waals surface area contributed by atoms with Crippen molar-refractivity contribution in [2.75, 3.05) is 31.6 Å². The third-order valence-electron chi connectivity index (χ3n) is 5.41. The number of nitrogens with zero attached hydrogens (tertiary/aromatic N) is 2. The van der Waals surface area contributed by atoms with Crippen LogP contribution in [0.4, 0.5) is 5.69 Å². The minimum atomic E-state index is -0.612. The molecule has 0 radical (unpaired) electrons. The van der Waals surface area contributed by atoms with Gasteiger partial charge in [-0.05, 0) is 43.9 Å². The van der Waals surface area contributed by atoms with E-state index in [1.165, 1.54) is 11.9 Å². The molecule has 1 aromatic carbocycles. The second-order valence-electron chi connectivity index (χ2n) is 7.82. The van der Waals surface area contributed by atoms with Crippen LogP contribution in [0, 0.1) is 19.8 Å². The van der Waals surface area contributed by atoms with E-state index in [2.05, 4.69) is 5.32 Å². The standard InChI is InChI=1S/C21H27N3O5/c1-13-5-4-6-17(14(13)2)24-10-15(9-19(24)26)21(28)29-12-20(27)23(3)11-18(25)22-16-7-8-16/h4-6,15-16H,7-12H2,1-3H3,(H,22,25)/t15-/m1/s1. The highest BCUT2D eigenvalue weighted by atomic mass is 16.5. The average Bonchev–Trinajstić information content (AvgIpc) is 3.40. The minimum Gasteiger partial charge on any atom is -0.455 e. The summed E-state index contributed by atoms with van der Waals surface area (Å²) in [5.74, 6) is -2.00. The van der Waals surface area contributed by atoms with Gasteiger partial charge in [0.05, 0.1) is 12.5 Å². The third kappa shape index (κ3) is 5.13. The maximum atomic E-state index is 12.4. The molecular weight excluding hydrogens is 374 g/mol. The van der Waals surface area contributed by atoms with Crippen molar-refractivity contribution in [3.63, 3.8) is 0 Å². The molecule has 156 valence electrons. The molecule has 1 aliphatic carbocycles. The van der Waals surface area contributed by atoms with Crippen molar-refractivity contribution in [2.45, 2.75) is 39.2 Å². The van der Waals surface area contributed by atoms with Crippen LogP contribution in [0.3, 0.4) is 0 Å². The van der Waals surface area contributed by atoms with Gasteiger partial charge in [-0.15, -0.1) is 0 Å². The summed E-state index contributed by atoms with van der Waals surface area (Å²) in [6.45, 7) is 3.63. The van der Waals surface area contributed by atoms with Gasteiger partial charge < -0.3 is 19.9 Å². The number of amides is 3. The van der Waals surface area contributed by atoms with Crippen LogP contribution < -0.4 is 10.2 Å². The van der Waals surface area contributed by atoms with Gasteiger partial charge in [-0.3, -0.25) is 19.2 Å². The Hall–Kier alpha value is -2.90. The summed E-state index contributed by atoms with van der Waals surface area (Å²) in [5, 5.41) is 2.80. The number of hydrogen-bond donors (Lipinski definition) is 1. The highest BCUT2D eigenvalue weighted by Gasteiger charge is 2.37. The van der Waals surface area contributed by atoms with Crippen molar-refractivity contribution in [3.8, 4) is 0 Å². The SMILES string of the molecule is Cc1cccc(N2C[C@H](C(=O)OCC(=O)N(C)CC(=O)NC3CC3)CC2=O)c1C. The number of carbonyl (C=O) groups is 4. The lowest BCUT2D eigenvalue weighted by Gasteiger charge is -2.20. The van der Waals surface area contributed by atoms with Crippen molar-refractivity contribution in [3.05, 3.63) is 29.3 Å². The number of anilines is 1. The third-order valence-corrected chi connectivity index (χ3v) is 5.41. The Bertz CT molecular complexity index is 834. The molecule has 3 amide bonds. The zero-order chi connectivity index (χ0) is 21.1. The van der Waals surface area contributed by atoms with Crippen LogP contribution in [-0.4, -0.2) is 61.4 Å². The van der Waals surface area contributed by atoms with Gasteiger partial charge in [-0.1, -0.05) is 12.1 Å². The Labute approximate surface area is 170 Å². The summed E-state index contributed by atoms with van der Waals surface area (Å²) >= 11 is 0. The largest absolute Gasteiger partial charge is 0.455 e. The molecule has 1 atom stereocenters. The highest BCUT2D eigenvalue weighted by Crippen LogP contribution is 2.29. The number of esters is 1. The van der Waals surface area contributed by atoms with Gasteiger partial charge in [0.2, 0.25) is 11.8 Å². The highest BCUT2D eigenvalue weighted by molar-refractivity contribution is 6.00. The van der Waals surface area contributed by atoms with E-state index in [1.807, 2.05) is 32.0 Å². The minimum absolute atomic E-state index is 0.0556. The van der Waals surface area contributed by atoms with E-state index in [0.717, 1.165) is 29.7 Å². The first-order valence-electron chi connectivity index (χ1n) is 9.82. The van der Waals surface area contributed by atoms with Crippen LogP contribution in [0.5, 0.6) is 0 Å². The van der Waals surface area contributed by atoms with Crippen LogP contribution in [0.25, 0.3) is 0 Å². The number of ether oxygens (including phenoxy) is 1. The maximum Gasteiger partial charge on any atom is 0.311 e. The molecule has 1 N–H and O–H groups in total. The van der Waals surface area contributed by atoms with E-state index in [0.29, 0.717) is 0 Å². The summed E-state index contributed by atoms with van der Waals surface area (Å²) in [5.41, 5.74) is 2.86. The number of nitrogens with one attached hydrogen (secondary N) is 1. The van der Waals surface area contributed by atoms with Crippen molar-refractivity contribution in [1.29, 1.82) is 0 Å². The van der Waals surface area contributed by atoms with Gasteiger partial charge in [0, 0.05) is 31.7 Å². The Morgan fingerprint density at radius 3 is 2.66 bits per heavy atom. The molecule has 2 aliphatic rings. The molecule has 2 fully saturated rings. The molecule has 1 saturated carbocycles. The van der Waals surface area contributed by atoms with E-state index in [-0.39, 0.29) is 37.4 Å². The normalized spacial score (nSPS) is 18.5. The fourth-order valence-electron chi connectivity index (χ4n) is 3.29. The molecule has 0 bridgehead atoms. The zero-order valence-corrected chi connectivity index (χ0v) is 17.1. The van der Waals surface area contributed by atoms with E-state index >= 15 is 0 Å². The number of aryl methyl sites for hydroxylation is 1. The fourth-order valence-corrected chi connectivity index (χ4v) is 3.29. The molecule has 0 spiro atoms. The van der Waals surface area contributed by atoms with Gasteiger partial charge in [0.25, 0.3) is 5.91 Å². The lowest BCUT2D eigenvalue weighted by Crippen LogP contribution is -2.41. The Morgan fingerprint density at radius 2 is 1.97 bits per heavy atom. The first-order valence-corrected chi connectivity index (χ1v) is 9.82. The number of benzene rings is 1. The predicted octanol–water partition coefficient (Wildman–Crippen LogP) is 0.937. The lowest BCUT2D eigenvalue weighted by atomic mass is 10.1. The van der Waals surface area contributed by atoms with Crippen molar-refractivity contribution in [1.82, 2.24) is 10.2 Å². The molecule has 1 aromatic rings. The van der Waals surface area contributed by atoms with Gasteiger partial charge in [-0.25, -0.2) is 0 Å². The Balaban J connectivity index is 1.49. The van der Waals surface area contributed by atoms with E-state index in [9.17, 15) is 19.2 Å². The molecular formula is C21H27N3O5. The average molecular weight is 401 g/mol. The van der Waals surface area contributed by atoms with Crippen LogP contribution in [0.1, 0.15) is 30.4 Å². The first kappa shape index (κ1) is 20.8. The monoisotopic (exact) mass is 401 g/mol. The van der Waals surface area contributed by atoms with Gasteiger partial charge in [-0.2, -0.15) is 0 Å². The maximum absolute atomic E-state index is 12.4. The lowest BCUT2D eigenvalue weighted by molar-refractivity contribution is -0.155. The van der Waals surface area contributed by atoms with Crippen molar-refractivity contribution >= 4 is 29.4 Å². The summed E-state index contributed by atoms with van der Waals surface area (Å²) in [4.78, 5) is 51.5. The summed E-state index contributed by atoms with van der Waals surface area (Å²) in [6, 6.07) is 5.94. The molecule has 1 heterocycles. The molecule has 3 rings (SSSR count). The molecule has 8 nitrogen and oxygen atoms in total. The van der Waals surface area contributed by atoms with Crippen molar-refractivity contribution < 1.29 is 23.9 Å². The molecule has 29 heavy (non-hydrogen) atoms. The van der Waals surface area contributed by atoms with E-state index < -0.39 is 24.4 Å². The number of likely N-dealkylation sites (N-methyl/N-ethyl adjacent to an activating group) is 1. The molecule has 8 heteroatoms. The van der Waals surface area contributed by atoms with E-state index in [1.54, 1.807) is 4.90 Å². The summed E-state index contributed by atoms with van der Waals surface area (Å²) in [7, 11) is 1.49. The van der Waals surface area contributed by atoms with Crippen LogP contribution >= 0.6 is 0 Å². The number of rotatable bonds is 7. The smallest absolute Gasteiger partial charge is 0.311 e. The van der Waals surface area contributed by atoms with E-state index in [4.69, 9.17) is 4.74 Å². The van der Waals surface area contributed by atoms with Crippen LogP contribution in [0.2, 0.25) is 0 Å². The van der Waals surface area contributed by atoms with Crippen LogP contribution in [-0.2, 0) is 23.9 Å². The number of hydrogen-bond acceptors (Lipinski definition) is 5. The topological polar surface area (TPSA) is 96.0 Å². The molecule has 0 unspecified atom stereocenters. The Kier molecular flexibility index (Phi) is 6.20. The van der Waals surface area contributed by atoms with Crippen molar-refractivity contribution in [2.24, 2.45) is 5.92 Å². The Morgan fingerprint density at radius 1 is 1.24 bits per heavy atom. The second-order valence-corrected chi connectivity index (χ2v) is 7.82. The zero-order valence-electron chi connectivity index (χ0n) is 17.1. The first-order chi connectivity index (χ1) is 13.8. The summed E-state index contributed by atoms with van der Waals surface area (Å²) in [6.07, 6.45) is 2.00. The predicted molar refractivity (Wildman–Crippen MR) is 106 cm³/mol. The van der Waals surface area contributed by atoms with Gasteiger partial charge in [0.1, 0.15) is 0 Å². The van der Waals surface area contributed by atoms with Gasteiger partial charge in [0.15, 0.2) is 6.61 Å². The number of carbonyl (C=O) groups excluding carboxylic acids is 4. The molecule has 0 aromatic heterocycles. The molecule has 1 aliphatic heterocycles.